The summed E-state index contributed by atoms with van der Waals surface area (Å²) >= 11 is 0. The third kappa shape index (κ3) is 4.92. The minimum absolute atomic E-state index is 0.0681. The number of nitrogens with one attached hydrogen (secondary N) is 2. The highest BCUT2D eigenvalue weighted by molar-refractivity contribution is 6.12. The van der Waals surface area contributed by atoms with Crippen LogP contribution in [0.2, 0.25) is 0 Å². The van der Waals surface area contributed by atoms with Gasteiger partial charge in [-0.15, -0.1) is 0 Å². The van der Waals surface area contributed by atoms with E-state index in [0.717, 1.165) is 33.8 Å². The monoisotopic (exact) mass is 761 g/mol. The van der Waals surface area contributed by atoms with Crippen molar-refractivity contribution in [3.05, 3.63) is 205 Å². The van der Waals surface area contributed by atoms with Crippen molar-refractivity contribution in [2.75, 3.05) is 11.9 Å². The topological polar surface area (TPSA) is 31.7 Å². The van der Waals surface area contributed by atoms with E-state index in [-0.39, 0.29) is 11.6 Å². The second-order valence-electron chi connectivity index (χ2n) is 16.7. The first kappa shape index (κ1) is 33.9. The number of para-hydroxylation sites is 6. The standard InChI is InChI=1S/C54H41N5/c1-54(2)44-21-11-10-20-40(44)41-33-43-42-32-36(53-56(3)49-24-14-15-25-50(49)59(53)38-18-8-5-9-19-38)28-31-47(42)57(51(43)34-45(41)54)39-29-26-35(27-30-39)52-55-46-22-12-13-23-48(46)58(52)37-16-6-4-7-17-37/h4-34,53H,1-3H3/p+2. The molecule has 3 heterocycles. The molecule has 282 valence electrons. The van der Waals surface area contributed by atoms with Gasteiger partial charge in [0.25, 0.3) is 5.82 Å². The molecule has 8 aromatic carbocycles. The summed E-state index contributed by atoms with van der Waals surface area (Å²) < 4.78 is 4.82. The van der Waals surface area contributed by atoms with Crippen LogP contribution in [0.5, 0.6) is 0 Å². The lowest BCUT2D eigenvalue weighted by Gasteiger charge is -2.27. The van der Waals surface area contributed by atoms with Crippen LogP contribution in [-0.2, 0) is 5.41 Å². The molecule has 2 aliphatic rings. The lowest BCUT2D eigenvalue weighted by molar-refractivity contribution is -0.837. The lowest BCUT2D eigenvalue weighted by Crippen LogP contribution is -3.04. The zero-order valence-corrected chi connectivity index (χ0v) is 33.3. The number of aromatic nitrogens is 3. The molecule has 12 rings (SSSR count). The lowest BCUT2D eigenvalue weighted by atomic mass is 9.82. The van der Waals surface area contributed by atoms with Crippen molar-refractivity contribution in [3.63, 3.8) is 0 Å². The molecule has 0 spiro atoms. The number of rotatable bonds is 5. The first-order valence-corrected chi connectivity index (χ1v) is 20.6. The molecule has 2 atom stereocenters. The predicted octanol–water partition coefficient (Wildman–Crippen LogP) is 11.5. The highest BCUT2D eigenvalue weighted by Gasteiger charge is 2.41. The summed E-state index contributed by atoms with van der Waals surface area (Å²) in [6.07, 6.45) is 0.0681. The SMILES string of the molecule is C[NH+]1c2ccccc2N(c2ccccc2)C1c1ccc2c(c1)c1cc3c(cc1n2-c1ccc(-c2[nH+]c4ccccc4n2-c2ccccc2)cc1)C(C)(C)c1ccccc1-3. The number of benzene rings is 8. The summed E-state index contributed by atoms with van der Waals surface area (Å²) in [6, 6.07) is 69.1. The van der Waals surface area contributed by atoms with Crippen LogP contribution in [0.4, 0.5) is 17.1 Å². The van der Waals surface area contributed by atoms with Crippen molar-refractivity contribution in [3.8, 4) is 33.9 Å². The van der Waals surface area contributed by atoms with E-state index in [1.807, 2.05) is 0 Å². The van der Waals surface area contributed by atoms with Gasteiger partial charge in [-0.3, -0.25) is 9.80 Å². The van der Waals surface area contributed by atoms with Gasteiger partial charge in [0.2, 0.25) is 0 Å². The maximum Gasteiger partial charge on any atom is 0.292 e. The van der Waals surface area contributed by atoms with E-state index in [2.05, 4.69) is 228 Å². The van der Waals surface area contributed by atoms with Gasteiger partial charge >= 0.3 is 0 Å². The molecular formula is C54H43N5+2. The van der Waals surface area contributed by atoms with Crippen LogP contribution in [0, 0.1) is 0 Å². The number of H-pyrrole nitrogens is 1. The Morgan fingerprint density at radius 1 is 0.508 bits per heavy atom. The van der Waals surface area contributed by atoms with E-state index >= 15 is 0 Å². The third-order valence-corrected chi connectivity index (χ3v) is 13.1. The molecule has 2 N–H and O–H groups in total. The Morgan fingerprint density at radius 2 is 1.17 bits per heavy atom. The summed E-state index contributed by atoms with van der Waals surface area (Å²) in [5.74, 6) is 1.06. The first-order valence-electron chi connectivity index (χ1n) is 20.6. The van der Waals surface area contributed by atoms with Gasteiger partial charge < -0.3 is 4.57 Å². The van der Waals surface area contributed by atoms with Gasteiger partial charge in [0.05, 0.1) is 23.6 Å². The van der Waals surface area contributed by atoms with Gasteiger partial charge in [-0.05, 0) is 119 Å². The van der Waals surface area contributed by atoms with Crippen molar-refractivity contribution in [2.24, 2.45) is 0 Å². The quantitative estimate of drug-likeness (QED) is 0.186. The fourth-order valence-electron chi connectivity index (χ4n) is 10.3. The van der Waals surface area contributed by atoms with Gasteiger partial charge in [0, 0.05) is 39.2 Å². The number of quaternary nitrogens is 1. The minimum atomic E-state index is -0.116. The van der Waals surface area contributed by atoms with Crippen molar-refractivity contribution < 1.29 is 9.88 Å². The molecular weight excluding hydrogens is 719 g/mol. The molecule has 5 nitrogen and oxygen atoms in total. The van der Waals surface area contributed by atoms with Gasteiger partial charge in [-0.2, -0.15) is 4.57 Å². The Hall–Kier alpha value is -7.21. The molecule has 5 heteroatoms. The average molecular weight is 762 g/mol. The molecule has 0 amide bonds. The number of nitrogens with zero attached hydrogens (tertiary/aromatic N) is 3. The van der Waals surface area contributed by atoms with E-state index < -0.39 is 0 Å². The van der Waals surface area contributed by atoms with Crippen LogP contribution < -0.4 is 14.8 Å². The maximum absolute atomic E-state index is 3.75. The Labute approximate surface area is 343 Å². The van der Waals surface area contributed by atoms with Crippen molar-refractivity contribution in [2.45, 2.75) is 25.4 Å². The molecule has 1 aliphatic carbocycles. The summed E-state index contributed by atoms with van der Waals surface area (Å²) in [5, 5.41) is 2.54. The Kier molecular flexibility index (Phi) is 7.26. The second kappa shape index (κ2) is 12.6. The predicted molar refractivity (Wildman–Crippen MR) is 241 cm³/mol. The molecule has 0 saturated heterocycles. The van der Waals surface area contributed by atoms with E-state index in [9.17, 15) is 0 Å². The zero-order chi connectivity index (χ0) is 39.4. The van der Waals surface area contributed by atoms with Crippen LogP contribution in [0.3, 0.4) is 0 Å². The largest absolute Gasteiger partial charge is 0.309 e. The van der Waals surface area contributed by atoms with Crippen molar-refractivity contribution in [1.29, 1.82) is 0 Å². The Bertz CT molecular complexity index is 3260. The first-order chi connectivity index (χ1) is 29.0. The highest BCUT2D eigenvalue weighted by atomic mass is 15.4. The van der Waals surface area contributed by atoms with Gasteiger partial charge in [0.15, 0.2) is 22.9 Å². The molecule has 1 aliphatic heterocycles. The van der Waals surface area contributed by atoms with Crippen LogP contribution in [0.25, 0.3) is 66.7 Å². The molecule has 0 radical (unpaired) electrons. The second-order valence-corrected chi connectivity index (χ2v) is 16.7. The van der Waals surface area contributed by atoms with Gasteiger partial charge in [0.1, 0.15) is 11.4 Å². The van der Waals surface area contributed by atoms with Crippen LogP contribution >= 0.6 is 0 Å². The number of anilines is 2. The Balaban J connectivity index is 1.06. The molecule has 0 fully saturated rings. The average Bonchev–Trinajstić information content (AvgIpc) is 3.99. The molecule has 2 unspecified atom stereocenters. The van der Waals surface area contributed by atoms with Crippen LogP contribution in [-0.4, -0.2) is 16.2 Å². The minimum Gasteiger partial charge on any atom is -0.309 e. The fraction of sp³-hybridized carbons (Fsp3) is 0.0926. The summed E-state index contributed by atoms with van der Waals surface area (Å²) in [6.45, 7) is 4.75. The number of aromatic amines is 1. The molecule has 0 bridgehead atoms. The summed E-state index contributed by atoms with van der Waals surface area (Å²) in [4.78, 5) is 7.63. The zero-order valence-electron chi connectivity index (χ0n) is 33.3. The maximum atomic E-state index is 3.75. The van der Waals surface area contributed by atoms with Crippen LogP contribution in [0.1, 0.15) is 36.7 Å². The summed E-state index contributed by atoms with van der Waals surface area (Å²) in [5.41, 5.74) is 18.5. The van der Waals surface area contributed by atoms with Gasteiger partial charge in [-0.1, -0.05) is 98.8 Å². The number of imidazole rings is 1. The molecule has 2 aromatic heterocycles. The van der Waals surface area contributed by atoms with Gasteiger partial charge in [-0.25, -0.2) is 4.98 Å². The van der Waals surface area contributed by atoms with E-state index in [1.165, 1.54) is 71.6 Å². The van der Waals surface area contributed by atoms with Crippen LogP contribution in [0.15, 0.2) is 188 Å². The third-order valence-electron chi connectivity index (χ3n) is 13.1. The van der Waals surface area contributed by atoms with E-state index in [4.69, 9.17) is 0 Å². The summed E-state index contributed by atoms with van der Waals surface area (Å²) in [7, 11) is 2.31. The molecule has 59 heavy (non-hydrogen) atoms. The van der Waals surface area contributed by atoms with Crippen molar-refractivity contribution >= 4 is 49.9 Å². The Morgan fingerprint density at radius 3 is 1.98 bits per heavy atom. The van der Waals surface area contributed by atoms with E-state index in [1.54, 1.807) is 0 Å². The number of fused-ring (bicyclic) bond motifs is 8. The van der Waals surface area contributed by atoms with Crippen molar-refractivity contribution in [1.82, 2.24) is 9.13 Å². The number of hydrogen-bond donors (Lipinski definition) is 1. The fourth-order valence-corrected chi connectivity index (χ4v) is 10.3. The smallest absolute Gasteiger partial charge is 0.292 e. The molecule has 10 aromatic rings. The van der Waals surface area contributed by atoms with E-state index in [0.29, 0.717) is 0 Å². The number of hydrogen-bond acceptors (Lipinski definition) is 1. The molecule has 0 saturated carbocycles. The normalized spacial score (nSPS) is 16.5. The highest BCUT2D eigenvalue weighted by Crippen LogP contribution is 2.51.